The number of rotatable bonds is 1. The Balaban J connectivity index is 3.39. The molecule has 66 valence electrons. The maximum atomic E-state index is 11.1. The Morgan fingerprint density at radius 2 is 2.00 bits per heavy atom. The summed E-state index contributed by atoms with van der Waals surface area (Å²) < 4.78 is 22.7. The predicted molar refractivity (Wildman–Crippen MR) is 52.3 cm³/mol. The molecule has 0 N–H and O–H groups in total. The Kier molecular flexibility index (Phi) is 2.81. The molecular formula is C7H6BrClO2S. The van der Waals surface area contributed by atoms with Crippen molar-refractivity contribution in [1.29, 1.82) is 0 Å². The van der Waals surface area contributed by atoms with Crippen molar-refractivity contribution in [3.05, 3.63) is 27.7 Å². The molecule has 1 aromatic rings. The van der Waals surface area contributed by atoms with Gasteiger partial charge in [-0.15, -0.1) is 0 Å². The van der Waals surface area contributed by atoms with Crippen LogP contribution < -0.4 is 0 Å². The van der Waals surface area contributed by atoms with Crippen LogP contribution in [0.25, 0.3) is 0 Å². The smallest absolute Gasteiger partial charge is 0.176 e. The lowest BCUT2D eigenvalue weighted by atomic mass is 10.4. The van der Waals surface area contributed by atoms with Crippen LogP contribution in [0.2, 0.25) is 5.02 Å². The van der Waals surface area contributed by atoms with E-state index in [0.29, 0.717) is 9.50 Å². The van der Waals surface area contributed by atoms with E-state index in [2.05, 4.69) is 15.9 Å². The van der Waals surface area contributed by atoms with Gasteiger partial charge in [0.1, 0.15) is 0 Å². The average Bonchev–Trinajstić information content (AvgIpc) is 1.83. The molecule has 0 saturated carbocycles. The highest BCUT2D eigenvalue weighted by Crippen LogP contribution is 2.24. The Morgan fingerprint density at radius 3 is 2.42 bits per heavy atom. The lowest BCUT2D eigenvalue weighted by Crippen LogP contribution is -1.97. The van der Waals surface area contributed by atoms with Gasteiger partial charge in [0.2, 0.25) is 0 Å². The van der Waals surface area contributed by atoms with E-state index in [1.807, 2.05) is 0 Å². The van der Waals surface area contributed by atoms with Gasteiger partial charge in [0.25, 0.3) is 0 Å². The molecule has 2 nitrogen and oxygen atoms in total. The van der Waals surface area contributed by atoms with Gasteiger partial charge >= 0.3 is 0 Å². The predicted octanol–water partition coefficient (Wildman–Crippen LogP) is 2.51. The van der Waals surface area contributed by atoms with Crippen LogP contribution in [0, 0.1) is 0 Å². The molecule has 0 radical (unpaired) electrons. The molecule has 0 heterocycles. The maximum Gasteiger partial charge on any atom is 0.176 e. The molecule has 0 aliphatic heterocycles. The van der Waals surface area contributed by atoms with Crippen LogP contribution in [0.3, 0.4) is 0 Å². The average molecular weight is 270 g/mol. The van der Waals surface area contributed by atoms with Gasteiger partial charge in [0.05, 0.1) is 4.90 Å². The van der Waals surface area contributed by atoms with E-state index in [4.69, 9.17) is 11.6 Å². The summed E-state index contributed by atoms with van der Waals surface area (Å²) in [5, 5.41) is 0.509. The molecule has 0 aliphatic carbocycles. The zero-order valence-electron chi connectivity index (χ0n) is 6.21. The highest BCUT2D eigenvalue weighted by atomic mass is 79.9. The van der Waals surface area contributed by atoms with Crippen LogP contribution >= 0.6 is 27.5 Å². The summed E-state index contributed by atoms with van der Waals surface area (Å²) in [6.07, 6.45) is 1.15. The van der Waals surface area contributed by atoms with Crippen LogP contribution in [0.4, 0.5) is 0 Å². The summed E-state index contributed by atoms with van der Waals surface area (Å²) in [5.41, 5.74) is 0. The standard InChI is InChI=1S/C7H6BrClO2S/c1-12(10,11)7-3-2-5(9)4-6(7)8/h2-4H,1H3. The Morgan fingerprint density at radius 1 is 1.42 bits per heavy atom. The molecule has 1 rings (SSSR count). The fourth-order valence-corrected chi connectivity index (χ4v) is 3.07. The molecule has 0 aliphatic rings. The number of sulfone groups is 1. The largest absolute Gasteiger partial charge is 0.224 e. The molecule has 12 heavy (non-hydrogen) atoms. The highest BCUT2D eigenvalue weighted by Gasteiger charge is 2.10. The van der Waals surface area contributed by atoms with Crippen molar-refractivity contribution in [2.75, 3.05) is 6.26 Å². The first kappa shape index (κ1) is 10.0. The number of hydrogen-bond acceptors (Lipinski definition) is 2. The molecule has 0 aromatic heterocycles. The van der Waals surface area contributed by atoms with Gasteiger partial charge < -0.3 is 0 Å². The lowest BCUT2D eigenvalue weighted by molar-refractivity contribution is 0.601. The van der Waals surface area contributed by atoms with Gasteiger partial charge in [-0.05, 0) is 34.1 Å². The third kappa shape index (κ3) is 2.21. The van der Waals surface area contributed by atoms with E-state index in [1.165, 1.54) is 6.07 Å². The van der Waals surface area contributed by atoms with Gasteiger partial charge in [-0.2, -0.15) is 0 Å². The third-order valence-corrected chi connectivity index (χ3v) is 3.60. The minimum atomic E-state index is -3.16. The minimum Gasteiger partial charge on any atom is -0.224 e. The van der Waals surface area contributed by atoms with E-state index < -0.39 is 9.84 Å². The highest BCUT2D eigenvalue weighted by molar-refractivity contribution is 9.10. The summed E-state index contributed by atoms with van der Waals surface area (Å²) in [5.74, 6) is 0. The van der Waals surface area contributed by atoms with Crippen LogP contribution in [-0.2, 0) is 9.84 Å². The summed E-state index contributed by atoms with van der Waals surface area (Å²) in [7, 11) is -3.16. The minimum absolute atomic E-state index is 0.256. The summed E-state index contributed by atoms with van der Waals surface area (Å²) in [6, 6.07) is 4.57. The zero-order chi connectivity index (χ0) is 9.35. The first-order chi connectivity index (χ1) is 5.41. The van der Waals surface area contributed by atoms with E-state index in [-0.39, 0.29) is 4.90 Å². The lowest BCUT2D eigenvalue weighted by Gasteiger charge is -2.00. The summed E-state index contributed by atoms with van der Waals surface area (Å²) in [6.45, 7) is 0. The second kappa shape index (κ2) is 3.36. The molecule has 0 amide bonds. The van der Waals surface area contributed by atoms with Crippen LogP contribution in [-0.4, -0.2) is 14.7 Å². The van der Waals surface area contributed by atoms with Crippen molar-refractivity contribution in [3.8, 4) is 0 Å². The fraction of sp³-hybridized carbons (Fsp3) is 0.143. The van der Waals surface area contributed by atoms with Gasteiger partial charge in [-0.25, -0.2) is 8.42 Å². The van der Waals surface area contributed by atoms with E-state index in [9.17, 15) is 8.42 Å². The van der Waals surface area contributed by atoms with Gasteiger partial charge in [-0.3, -0.25) is 0 Å². The van der Waals surface area contributed by atoms with Crippen molar-refractivity contribution in [3.63, 3.8) is 0 Å². The summed E-state index contributed by atoms with van der Waals surface area (Å²) >= 11 is 8.76. The number of halogens is 2. The molecule has 1 aromatic carbocycles. The Bertz CT molecular complexity index is 400. The van der Waals surface area contributed by atoms with Gasteiger partial charge in [0, 0.05) is 15.8 Å². The first-order valence-corrected chi connectivity index (χ1v) is 6.12. The second-order valence-corrected chi connectivity index (χ2v) is 5.62. The molecule has 5 heteroatoms. The molecule has 0 fully saturated rings. The Hall–Kier alpha value is -0.0600. The molecular weight excluding hydrogens is 263 g/mol. The second-order valence-electron chi connectivity index (χ2n) is 2.35. The van der Waals surface area contributed by atoms with E-state index in [1.54, 1.807) is 12.1 Å². The van der Waals surface area contributed by atoms with Gasteiger partial charge in [0.15, 0.2) is 9.84 Å². The van der Waals surface area contributed by atoms with Crippen molar-refractivity contribution in [1.82, 2.24) is 0 Å². The molecule has 0 bridgehead atoms. The van der Waals surface area contributed by atoms with E-state index in [0.717, 1.165) is 6.26 Å². The molecule has 0 unspecified atom stereocenters. The number of benzene rings is 1. The third-order valence-electron chi connectivity index (χ3n) is 1.29. The first-order valence-electron chi connectivity index (χ1n) is 3.06. The number of hydrogen-bond donors (Lipinski definition) is 0. The summed E-state index contributed by atoms with van der Waals surface area (Å²) in [4.78, 5) is 0.256. The molecule has 0 atom stereocenters. The maximum absolute atomic E-state index is 11.1. The normalized spacial score (nSPS) is 11.6. The van der Waals surface area contributed by atoms with Gasteiger partial charge in [-0.1, -0.05) is 11.6 Å². The van der Waals surface area contributed by atoms with Crippen molar-refractivity contribution in [2.24, 2.45) is 0 Å². The topological polar surface area (TPSA) is 34.1 Å². The van der Waals surface area contributed by atoms with Crippen molar-refractivity contribution < 1.29 is 8.42 Å². The SMILES string of the molecule is CS(=O)(=O)c1ccc(Cl)cc1Br. The van der Waals surface area contributed by atoms with Crippen molar-refractivity contribution >= 4 is 37.4 Å². The van der Waals surface area contributed by atoms with Crippen molar-refractivity contribution in [2.45, 2.75) is 4.90 Å². The quantitative estimate of drug-likeness (QED) is 0.785. The van der Waals surface area contributed by atoms with Crippen LogP contribution in [0.5, 0.6) is 0 Å². The molecule has 0 spiro atoms. The monoisotopic (exact) mass is 268 g/mol. The fourth-order valence-electron chi connectivity index (χ4n) is 0.776. The zero-order valence-corrected chi connectivity index (χ0v) is 9.37. The van der Waals surface area contributed by atoms with Crippen LogP contribution in [0.1, 0.15) is 0 Å². The Labute approximate surface area is 84.6 Å². The van der Waals surface area contributed by atoms with E-state index >= 15 is 0 Å². The van der Waals surface area contributed by atoms with Crippen LogP contribution in [0.15, 0.2) is 27.6 Å². The molecule has 0 saturated heterocycles.